The number of rotatable bonds is 4. The van der Waals surface area contributed by atoms with Crippen LogP contribution in [0.4, 0.5) is 0 Å². The van der Waals surface area contributed by atoms with Crippen LogP contribution in [0.5, 0.6) is 0 Å². The average molecular weight is 502 g/mol. The van der Waals surface area contributed by atoms with Gasteiger partial charge in [0.25, 0.3) is 0 Å². The molecule has 0 saturated heterocycles. The Bertz CT molecular complexity index is 785. The summed E-state index contributed by atoms with van der Waals surface area (Å²) in [5.74, 6) is 0. The minimum Gasteiger partial charge on any atom is -1.00 e. The summed E-state index contributed by atoms with van der Waals surface area (Å²) in [7, 11) is 1.08. The maximum absolute atomic E-state index is 2.29. The van der Waals surface area contributed by atoms with E-state index < -0.39 is 0 Å². The molecule has 0 spiro atoms. The van der Waals surface area contributed by atoms with E-state index in [0.717, 1.165) is 9.52 Å². The van der Waals surface area contributed by atoms with E-state index in [1.165, 1.54) is 58.4 Å². The van der Waals surface area contributed by atoms with Crippen LogP contribution in [0.25, 0.3) is 21.5 Å². The molecule has 0 heterocycles. The zero-order chi connectivity index (χ0) is 19.5. The third-order valence-electron chi connectivity index (χ3n) is 4.43. The first-order valence-corrected chi connectivity index (χ1v) is 12.1. The van der Waals surface area contributed by atoms with Gasteiger partial charge in [0.15, 0.2) is 0 Å². The fourth-order valence-electron chi connectivity index (χ4n) is 3.30. The number of fused-ring (bicyclic) bond motifs is 2. The van der Waals surface area contributed by atoms with Crippen molar-refractivity contribution in [2.45, 2.75) is 52.6 Å². The summed E-state index contributed by atoms with van der Waals surface area (Å²) in [5.41, 5.74) is 2.94. The molecule has 0 aliphatic rings. The van der Waals surface area contributed by atoms with Crippen molar-refractivity contribution in [2.75, 3.05) is 0 Å². The van der Waals surface area contributed by atoms with E-state index in [0.29, 0.717) is 0 Å². The second kappa shape index (κ2) is 17.3. The molecule has 4 aromatic carbocycles. The van der Waals surface area contributed by atoms with Crippen molar-refractivity contribution in [3.05, 3.63) is 83.9 Å². The molecule has 4 aromatic rings. The van der Waals surface area contributed by atoms with Crippen LogP contribution in [-0.2, 0) is 39.0 Å². The maximum Gasteiger partial charge on any atom is 4.00 e. The summed E-state index contributed by atoms with van der Waals surface area (Å²) in [6.07, 6.45) is 4.87. The van der Waals surface area contributed by atoms with Crippen molar-refractivity contribution < 1.29 is 35.6 Å². The predicted octanol–water partition coefficient (Wildman–Crippen LogP) is 1.81. The van der Waals surface area contributed by atoms with Crippen LogP contribution in [0.3, 0.4) is 0 Å². The molecule has 0 aliphatic carbocycles. The van der Waals surface area contributed by atoms with Gasteiger partial charge in [0, 0.05) is 9.52 Å². The van der Waals surface area contributed by atoms with Gasteiger partial charge in [0.1, 0.15) is 0 Å². The molecular formula is C26H32F2SiZr. The Kier molecular flexibility index (Phi) is 17.8. The van der Waals surface area contributed by atoms with Gasteiger partial charge >= 0.3 is 26.2 Å². The molecule has 4 rings (SSSR count). The summed E-state index contributed by atoms with van der Waals surface area (Å²) in [6, 6.07) is 26.2. The van der Waals surface area contributed by atoms with E-state index in [1.54, 1.807) is 0 Å². The van der Waals surface area contributed by atoms with Crippen molar-refractivity contribution in [3.63, 3.8) is 0 Å². The van der Waals surface area contributed by atoms with E-state index >= 15 is 0 Å². The number of halogens is 2. The van der Waals surface area contributed by atoms with E-state index in [1.807, 2.05) is 0 Å². The fraction of sp³-hybridized carbons (Fsp3) is 0.308. The molecular weight excluding hydrogens is 470 g/mol. The van der Waals surface area contributed by atoms with Crippen LogP contribution in [0.1, 0.15) is 37.8 Å². The third-order valence-corrected chi connectivity index (χ3v) is 4.43. The molecule has 0 nitrogen and oxygen atoms in total. The van der Waals surface area contributed by atoms with Crippen molar-refractivity contribution in [1.29, 1.82) is 0 Å². The summed E-state index contributed by atoms with van der Waals surface area (Å²) >= 11 is 0. The fourth-order valence-corrected chi connectivity index (χ4v) is 3.30. The Balaban J connectivity index is 0. The maximum atomic E-state index is 2.29. The average Bonchev–Trinajstić information content (AvgIpc) is 3.26. The molecule has 2 radical (unpaired) electrons. The largest absolute Gasteiger partial charge is 4.00 e. The van der Waals surface area contributed by atoms with Crippen molar-refractivity contribution in [3.8, 4) is 0 Å². The predicted molar refractivity (Wildman–Crippen MR) is 125 cm³/mol. The number of hydrogen-bond acceptors (Lipinski definition) is 0. The smallest absolute Gasteiger partial charge is 1.00 e. The standard InChI is InChI=1S/2C12H13.C2H6Si.2FH.Zr/c2*1-2-5-10-8-11-6-3-4-7-12(11)9-10;1-3-2;;;/h2*3-4,6-9H,2,5H2,1H3;1-2H3;2*1H;/q2*-1;;;;+4/p-2. The quantitative estimate of drug-likeness (QED) is 0.296. The van der Waals surface area contributed by atoms with Crippen LogP contribution in [0, 0.1) is 0 Å². The summed E-state index contributed by atoms with van der Waals surface area (Å²) < 4.78 is 0. The SMILES string of the molecule is CCCc1cc2ccccc2[cH-]1.CCCc1cc2ccccc2[cH-]1.C[Si]C.[F-].[F-].[Zr+4]. The Morgan fingerprint density at radius 2 is 1.00 bits per heavy atom. The Morgan fingerprint density at radius 1 is 0.667 bits per heavy atom. The Labute approximate surface area is 202 Å². The normalized spacial score (nSPS) is 9.20. The van der Waals surface area contributed by atoms with E-state index in [9.17, 15) is 0 Å². The van der Waals surface area contributed by atoms with Gasteiger partial charge < -0.3 is 9.41 Å². The van der Waals surface area contributed by atoms with Crippen LogP contribution < -0.4 is 9.41 Å². The topological polar surface area (TPSA) is 0 Å². The first-order valence-electron chi connectivity index (χ1n) is 10.1. The number of hydrogen-bond donors (Lipinski definition) is 0. The Hall–Kier alpha value is -1.38. The zero-order valence-corrected chi connectivity index (χ0v) is 22.0. The van der Waals surface area contributed by atoms with Gasteiger partial charge in [-0.3, -0.25) is 0 Å². The first-order chi connectivity index (χ1) is 13.2. The minimum atomic E-state index is 0. The molecule has 158 valence electrons. The van der Waals surface area contributed by atoms with Gasteiger partial charge in [0.05, 0.1) is 0 Å². The van der Waals surface area contributed by atoms with Crippen LogP contribution in [-0.4, -0.2) is 9.52 Å². The monoisotopic (exact) mass is 500 g/mol. The van der Waals surface area contributed by atoms with Crippen LogP contribution >= 0.6 is 0 Å². The van der Waals surface area contributed by atoms with Crippen molar-refractivity contribution in [2.24, 2.45) is 0 Å². The van der Waals surface area contributed by atoms with Crippen molar-refractivity contribution in [1.82, 2.24) is 0 Å². The van der Waals surface area contributed by atoms with Gasteiger partial charge in [0.2, 0.25) is 0 Å². The third kappa shape index (κ3) is 9.62. The van der Waals surface area contributed by atoms with Gasteiger partial charge in [-0.25, -0.2) is 0 Å². The van der Waals surface area contributed by atoms with E-state index in [-0.39, 0.29) is 35.6 Å². The van der Waals surface area contributed by atoms with Crippen LogP contribution in [0.2, 0.25) is 13.1 Å². The second-order valence-electron chi connectivity index (χ2n) is 6.99. The van der Waals surface area contributed by atoms with E-state index in [2.05, 4.69) is 99.7 Å². The molecule has 0 bridgehead atoms. The van der Waals surface area contributed by atoms with Gasteiger partial charge in [-0.05, 0) is 12.8 Å². The Morgan fingerprint density at radius 3 is 1.30 bits per heavy atom. The second-order valence-corrected chi connectivity index (χ2v) is 7.99. The van der Waals surface area contributed by atoms with Gasteiger partial charge in [-0.1, -0.05) is 51.9 Å². The molecule has 0 aromatic heterocycles. The first kappa shape index (κ1) is 30.8. The molecule has 0 fully saturated rings. The van der Waals surface area contributed by atoms with Gasteiger partial charge in [-0.15, -0.1) is 81.2 Å². The van der Waals surface area contributed by atoms with Gasteiger partial charge in [-0.2, -0.15) is 12.1 Å². The molecule has 0 amide bonds. The summed E-state index contributed by atoms with van der Waals surface area (Å²) in [4.78, 5) is 0. The molecule has 30 heavy (non-hydrogen) atoms. The summed E-state index contributed by atoms with van der Waals surface area (Å²) in [5, 5.41) is 5.50. The van der Waals surface area contributed by atoms with Crippen LogP contribution in [0.15, 0.2) is 72.8 Å². The molecule has 0 unspecified atom stereocenters. The number of benzene rings is 2. The molecule has 0 atom stereocenters. The molecule has 4 heteroatoms. The molecule has 0 aliphatic heterocycles. The molecule has 0 saturated carbocycles. The van der Waals surface area contributed by atoms with Crippen molar-refractivity contribution >= 4 is 31.1 Å². The number of aryl methyl sites for hydroxylation is 2. The molecule has 0 N–H and O–H groups in total. The zero-order valence-electron chi connectivity index (χ0n) is 18.5. The summed E-state index contributed by atoms with van der Waals surface area (Å²) in [6.45, 7) is 8.75. The van der Waals surface area contributed by atoms with E-state index in [4.69, 9.17) is 0 Å². The minimum absolute atomic E-state index is 0.